The normalized spacial score (nSPS) is 18.3. The first-order chi connectivity index (χ1) is 16.9. The molecule has 0 bridgehead atoms. The van der Waals surface area contributed by atoms with Gasteiger partial charge in [0.2, 0.25) is 0 Å². The number of ether oxygens (including phenoxy) is 1. The molecule has 0 unspecified atom stereocenters. The first kappa shape index (κ1) is 23.5. The van der Waals surface area contributed by atoms with E-state index in [0.717, 1.165) is 53.9 Å². The van der Waals surface area contributed by atoms with Gasteiger partial charge >= 0.3 is 0 Å². The van der Waals surface area contributed by atoms with Crippen LogP contribution in [0.15, 0.2) is 72.8 Å². The molecule has 2 aliphatic heterocycles. The van der Waals surface area contributed by atoms with E-state index in [1.165, 1.54) is 6.07 Å². The highest BCUT2D eigenvalue weighted by molar-refractivity contribution is 6.30. The van der Waals surface area contributed by atoms with Crippen LogP contribution in [0, 0.1) is 10.1 Å². The second kappa shape index (κ2) is 9.82. The molecule has 0 aliphatic carbocycles. The molecule has 0 aromatic heterocycles. The molecule has 3 aromatic carbocycles. The van der Waals surface area contributed by atoms with Crippen LogP contribution in [0.25, 0.3) is 5.57 Å². The van der Waals surface area contributed by atoms with Crippen LogP contribution in [0.5, 0.6) is 5.75 Å². The zero-order valence-electron chi connectivity index (χ0n) is 19.3. The maximum atomic E-state index is 11.4. The van der Waals surface area contributed by atoms with Crippen molar-refractivity contribution in [1.82, 2.24) is 4.90 Å². The lowest BCUT2D eigenvalue weighted by Gasteiger charge is -2.38. The molecule has 1 saturated heterocycles. The standard InChI is InChI=1S/C28H27ClN2O4/c29-22-9-7-21(8-10-22)28(32)13-16-30(17-14-28)15-3-6-25-24-5-2-1-4-20(24)19-35-27-12-11-23(31(33)34)18-26(25)27/h1-2,4-12,18,32H,3,13-17,19H2/b25-6-. The van der Waals surface area contributed by atoms with Gasteiger partial charge in [0.25, 0.3) is 5.69 Å². The van der Waals surface area contributed by atoms with Crippen molar-refractivity contribution in [1.29, 1.82) is 0 Å². The average Bonchev–Trinajstić information content (AvgIpc) is 3.02. The number of rotatable bonds is 5. The molecule has 1 N–H and O–H groups in total. The lowest BCUT2D eigenvalue weighted by Crippen LogP contribution is -2.42. The molecule has 6 nitrogen and oxygen atoms in total. The zero-order chi connectivity index (χ0) is 24.4. The fourth-order valence-electron chi connectivity index (χ4n) is 4.98. The Kier molecular flexibility index (Phi) is 6.60. The predicted molar refractivity (Wildman–Crippen MR) is 137 cm³/mol. The summed E-state index contributed by atoms with van der Waals surface area (Å²) in [5.74, 6) is 0.657. The predicted octanol–water partition coefficient (Wildman–Crippen LogP) is 5.95. The van der Waals surface area contributed by atoms with Crippen LogP contribution in [0.2, 0.25) is 5.02 Å². The van der Waals surface area contributed by atoms with E-state index in [1.807, 2.05) is 48.5 Å². The molecule has 35 heavy (non-hydrogen) atoms. The molecule has 180 valence electrons. The second-order valence-electron chi connectivity index (χ2n) is 9.17. The number of hydrogen-bond acceptors (Lipinski definition) is 5. The molecule has 7 heteroatoms. The maximum Gasteiger partial charge on any atom is 0.270 e. The Bertz CT molecular complexity index is 1260. The van der Waals surface area contributed by atoms with Gasteiger partial charge < -0.3 is 14.7 Å². The molecule has 2 aliphatic rings. The number of nitrogens with zero attached hydrogens (tertiary/aromatic N) is 2. The molecular weight excluding hydrogens is 464 g/mol. The summed E-state index contributed by atoms with van der Waals surface area (Å²) in [6.07, 6.45) is 4.27. The minimum atomic E-state index is -0.824. The molecule has 0 saturated carbocycles. The number of likely N-dealkylation sites (tertiary alicyclic amines) is 1. The summed E-state index contributed by atoms with van der Waals surface area (Å²) >= 11 is 6.00. The summed E-state index contributed by atoms with van der Waals surface area (Å²) in [5.41, 5.74) is 3.96. The van der Waals surface area contributed by atoms with Crippen molar-refractivity contribution in [2.75, 3.05) is 19.6 Å². The van der Waals surface area contributed by atoms with Gasteiger partial charge in [-0.15, -0.1) is 0 Å². The Balaban J connectivity index is 1.33. The van der Waals surface area contributed by atoms with Crippen LogP contribution < -0.4 is 4.74 Å². The van der Waals surface area contributed by atoms with Gasteiger partial charge in [-0.2, -0.15) is 0 Å². The van der Waals surface area contributed by atoms with Gasteiger partial charge in [-0.3, -0.25) is 10.1 Å². The van der Waals surface area contributed by atoms with Gasteiger partial charge in [0, 0.05) is 42.4 Å². The van der Waals surface area contributed by atoms with Crippen molar-refractivity contribution in [3.8, 4) is 5.75 Å². The fraction of sp³-hybridized carbons (Fsp3) is 0.286. The van der Waals surface area contributed by atoms with Crippen molar-refractivity contribution in [3.05, 3.63) is 110 Å². The number of benzene rings is 3. The fourth-order valence-corrected chi connectivity index (χ4v) is 5.11. The van der Waals surface area contributed by atoms with Crippen molar-refractivity contribution < 1.29 is 14.8 Å². The number of halogens is 1. The maximum absolute atomic E-state index is 11.4. The largest absolute Gasteiger partial charge is 0.488 e. The molecule has 0 radical (unpaired) electrons. The number of non-ortho nitro benzene ring substituents is 1. The quantitative estimate of drug-likeness (QED) is 0.353. The number of nitro groups is 1. The van der Waals surface area contributed by atoms with Crippen LogP contribution in [0.3, 0.4) is 0 Å². The molecule has 0 atom stereocenters. The Hall–Kier alpha value is -3.19. The van der Waals surface area contributed by atoms with Crippen LogP contribution >= 0.6 is 11.6 Å². The number of piperidine rings is 1. The van der Waals surface area contributed by atoms with Crippen molar-refractivity contribution >= 4 is 22.9 Å². The van der Waals surface area contributed by atoms with Crippen molar-refractivity contribution in [2.24, 2.45) is 0 Å². The third-order valence-corrected chi connectivity index (χ3v) is 7.27. The first-order valence-electron chi connectivity index (χ1n) is 11.8. The molecule has 0 amide bonds. The lowest BCUT2D eigenvalue weighted by atomic mass is 9.84. The van der Waals surface area contributed by atoms with Gasteiger partial charge in [-0.1, -0.05) is 54.1 Å². The van der Waals surface area contributed by atoms with Gasteiger partial charge in [-0.05, 0) is 59.7 Å². The lowest BCUT2D eigenvalue weighted by molar-refractivity contribution is -0.384. The summed E-state index contributed by atoms with van der Waals surface area (Å²) in [4.78, 5) is 13.4. The minimum absolute atomic E-state index is 0.0511. The number of aliphatic hydroxyl groups is 1. The summed E-state index contributed by atoms with van der Waals surface area (Å²) in [7, 11) is 0. The van der Waals surface area contributed by atoms with E-state index in [1.54, 1.807) is 12.1 Å². The van der Waals surface area contributed by atoms with Crippen molar-refractivity contribution in [2.45, 2.75) is 31.5 Å². The van der Waals surface area contributed by atoms with E-state index < -0.39 is 5.60 Å². The molecule has 2 heterocycles. The van der Waals surface area contributed by atoms with Crippen LogP contribution in [-0.2, 0) is 12.2 Å². The summed E-state index contributed by atoms with van der Waals surface area (Å²) in [5, 5.41) is 23.2. The smallest absolute Gasteiger partial charge is 0.270 e. The zero-order valence-corrected chi connectivity index (χ0v) is 20.1. The Morgan fingerprint density at radius 3 is 2.54 bits per heavy atom. The van der Waals surface area contributed by atoms with E-state index in [-0.39, 0.29) is 10.6 Å². The third kappa shape index (κ3) is 4.96. The Morgan fingerprint density at radius 2 is 1.80 bits per heavy atom. The van der Waals surface area contributed by atoms with E-state index >= 15 is 0 Å². The van der Waals surface area contributed by atoms with E-state index in [0.29, 0.717) is 30.2 Å². The summed E-state index contributed by atoms with van der Waals surface area (Å²) in [6.45, 7) is 2.86. The SMILES string of the molecule is O=[N+]([O-])c1ccc2c(c1)/C(=C\CCN1CCC(O)(c3ccc(Cl)cc3)CC1)c1ccccc1CO2. The van der Waals surface area contributed by atoms with Gasteiger partial charge in [0.05, 0.1) is 10.5 Å². The van der Waals surface area contributed by atoms with E-state index in [9.17, 15) is 15.2 Å². The topological polar surface area (TPSA) is 75.8 Å². The minimum Gasteiger partial charge on any atom is -0.488 e. The molecule has 1 fully saturated rings. The van der Waals surface area contributed by atoms with E-state index in [4.69, 9.17) is 16.3 Å². The summed E-state index contributed by atoms with van der Waals surface area (Å²) in [6, 6.07) is 20.3. The number of hydrogen-bond donors (Lipinski definition) is 1. The summed E-state index contributed by atoms with van der Waals surface area (Å²) < 4.78 is 6.00. The number of fused-ring (bicyclic) bond motifs is 2. The Labute approximate surface area is 209 Å². The monoisotopic (exact) mass is 490 g/mol. The molecule has 5 rings (SSSR count). The van der Waals surface area contributed by atoms with Gasteiger partial charge in [0.1, 0.15) is 12.4 Å². The molecule has 0 spiro atoms. The second-order valence-corrected chi connectivity index (χ2v) is 9.61. The number of nitro benzene ring substituents is 1. The van der Waals surface area contributed by atoms with Crippen LogP contribution in [0.1, 0.15) is 41.5 Å². The highest BCUT2D eigenvalue weighted by Crippen LogP contribution is 2.39. The highest BCUT2D eigenvalue weighted by atomic mass is 35.5. The average molecular weight is 491 g/mol. The van der Waals surface area contributed by atoms with Gasteiger partial charge in [0.15, 0.2) is 0 Å². The first-order valence-corrected chi connectivity index (χ1v) is 12.2. The van der Waals surface area contributed by atoms with Gasteiger partial charge in [-0.25, -0.2) is 0 Å². The molecule has 3 aromatic rings. The van der Waals surface area contributed by atoms with Crippen molar-refractivity contribution in [3.63, 3.8) is 0 Å². The third-order valence-electron chi connectivity index (χ3n) is 7.01. The Morgan fingerprint density at radius 1 is 1.06 bits per heavy atom. The van der Waals surface area contributed by atoms with Crippen LogP contribution in [-0.4, -0.2) is 34.6 Å². The van der Waals surface area contributed by atoms with E-state index in [2.05, 4.69) is 11.0 Å². The molecular formula is C28H27ClN2O4. The van der Waals surface area contributed by atoms with Crippen LogP contribution in [0.4, 0.5) is 5.69 Å². The highest BCUT2D eigenvalue weighted by Gasteiger charge is 2.33.